The summed E-state index contributed by atoms with van der Waals surface area (Å²) in [6, 6.07) is 0. The quantitative estimate of drug-likeness (QED) is 0.423. The molecule has 0 saturated carbocycles. The number of hydrogen-bond acceptors (Lipinski definition) is 1. The third-order valence-electron chi connectivity index (χ3n) is 1.47. The maximum atomic E-state index is 10.6. The molecule has 0 fully saturated rings. The SMILES string of the molecule is C/C=C(C)\C(C)=C\C(C)=O. The van der Waals surface area contributed by atoms with Gasteiger partial charge in [0.15, 0.2) is 5.78 Å². The van der Waals surface area contributed by atoms with Crippen LogP contribution in [-0.4, -0.2) is 5.78 Å². The molecular weight excluding hydrogens is 124 g/mol. The maximum absolute atomic E-state index is 10.6. The van der Waals surface area contributed by atoms with Gasteiger partial charge in [-0.15, -0.1) is 0 Å². The van der Waals surface area contributed by atoms with Crippen LogP contribution in [0.2, 0.25) is 0 Å². The standard InChI is InChI=1S/C9H14O/c1-5-7(2)8(3)6-9(4)10/h5-6H,1-4H3/b7-5-,8-6+. The van der Waals surface area contributed by atoms with Crippen LogP contribution in [0.15, 0.2) is 23.3 Å². The lowest BCUT2D eigenvalue weighted by Crippen LogP contribution is -1.86. The Hall–Kier alpha value is -0.850. The molecule has 1 nitrogen and oxygen atoms in total. The summed E-state index contributed by atoms with van der Waals surface area (Å²) in [5, 5.41) is 0. The van der Waals surface area contributed by atoms with Crippen molar-refractivity contribution in [1.29, 1.82) is 0 Å². The van der Waals surface area contributed by atoms with Gasteiger partial charge in [-0.05, 0) is 39.3 Å². The third kappa shape index (κ3) is 3.23. The Morgan fingerprint density at radius 3 is 1.90 bits per heavy atom. The van der Waals surface area contributed by atoms with Crippen molar-refractivity contribution in [3.8, 4) is 0 Å². The van der Waals surface area contributed by atoms with Crippen LogP contribution in [0.1, 0.15) is 27.7 Å². The fraction of sp³-hybridized carbons (Fsp3) is 0.444. The van der Waals surface area contributed by atoms with Crippen LogP contribution in [0.25, 0.3) is 0 Å². The number of carbonyl (C=O) groups excluding carboxylic acids is 1. The Labute approximate surface area is 62.4 Å². The molecule has 0 rings (SSSR count). The zero-order valence-electron chi connectivity index (χ0n) is 7.06. The van der Waals surface area contributed by atoms with Crippen LogP contribution in [0.5, 0.6) is 0 Å². The highest BCUT2D eigenvalue weighted by Gasteiger charge is 1.91. The molecule has 0 atom stereocenters. The van der Waals surface area contributed by atoms with Crippen molar-refractivity contribution in [2.45, 2.75) is 27.7 Å². The highest BCUT2D eigenvalue weighted by atomic mass is 16.1. The smallest absolute Gasteiger partial charge is 0.152 e. The van der Waals surface area contributed by atoms with E-state index in [-0.39, 0.29) is 5.78 Å². The predicted octanol–water partition coefficient (Wildman–Crippen LogP) is 2.49. The van der Waals surface area contributed by atoms with Gasteiger partial charge in [0, 0.05) is 0 Å². The van der Waals surface area contributed by atoms with Gasteiger partial charge in [-0.1, -0.05) is 11.6 Å². The number of allylic oxidation sites excluding steroid dienone is 4. The zero-order chi connectivity index (χ0) is 8.15. The fourth-order valence-corrected chi connectivity index (χ4v) is 0.646. The summed E-state index contributed by atoms with van der Waals surface area (Å²) in [5.74, 6) is 0.110. The van der Waals surface area contributed by atoms with Crippen LogP contribution >= 0.6 is 0 Å². The van der Waals surface area contributed by atoms with E-state index in [1.54, 1.807) is 13.0 Å². The summed E-state index contributed by atoms with van der Waals surface area (Å²) in [5.41, 5.74) is 2.21. The average molecular weight is 138 g/mol. The minimum Gasteiger partial charge on any atom is -0.295 e. The third-order valence-corrected chi connectivity index (χ3v) is 1.47. The molecule has 0 aliphatic rings. The van der Waals surface area contributed by atoms with Crippen molar-refractivity contribution < 1.29 is 4.79 Å². The molecule has 0 aliphatic heterocycles. The fourth-order valence-electron chi connectivity index (χ4n) is 0.646. The molecule has 0 N–H and O–H groups in total. The Bertz CT molecular complexity index is 185. The van der Waals surface area contributed by atoms with Gasteiger partial charge in [-0.2, -0.15) is 0 Å². The maximum Gasteiger partial charge on any atom is 0.152 e. The van der Waals surface area contributed by atoms with Crippen LogP contribution in [0.3, 0.4) is 0 Å². The summed E-state index contributed by atoms with van der Waals surface area (Å²) < 4.78 is 0. The summed E-state index contributed by atoms with van der Waals surface area (Å²) in [4.78, 5) is 10.6. The van der Waals surface area contributed by atoms with E-state index in [1.807, 2.05) is 26.8 Å². The van der Waals surface area contributed by atoms with Gasteiger partial charge in [0.05, 0.1) is 0 Å². The second-order valence-electron chi connectivity index (χ2n) is 2.41. The number of hydrogen-bond donors (Lipinski definition) is 0. The zero-order valence-corrected chi connectivity index (χ0v) is 7.06. The summed E-state index contributed by atoms with van der Waals surface area (Å²) in [6.45, 7) is 7.46. The van der Waals surface area contributed by atoms with Gasteiger partial charge in [-0.25, -0.2) is 0 Å². The Balaban J connectivity index is 4.35. The summed E-state index contributed by atoms with van der Waals surface area (Å²) in [6.07, 6.45) is 3.64. The molecule has 0 aromatic carbocycles. The van der Waals surface area contributed by atoms with Crippen molar-refractivity contribution in [3.05, 3.63) is 23.3 Å². The van der Waals surface area contributed by atoms with E-state index in [1.165, 1.54) is 0 Å². The molecule has 0 spiro atoms. The van der Waals surface area contributed by atoms with Gasteiger partial charge in [0.2, 0.25) is 0 Å². The van der Waals surface area contributed by atoms with Gasteiger partial charge < -0.3 is 0 Å². The van der Waals surface area contributed by atoms with E-state index >= 15 is 0 Å². The minimum absolute atomic E-state index is 0.110. The molecular formula is C9H14O. The molecule has 56 valence electrons. The van der Waals surface area contributed by atoms with Crippen molar-refractivity contribution in [3.63, 3.8) is 0 Å². The van der Waals surface area contributed by atoms with Crippen molar-refractivity contribution >= 4 is 5.78 Å². The number of ketones is 1. The lowest BCUT2D eigenvalue weighted by Gasteiger charge is -1.96. The topological polar surface area (TPSA) is 17.1 Å². The molecule has 10 heavy (non-hydrogen) atoms. The van der Waals surface area contributed by atoms with E-state index in [4.69, 9.17) is 0 Å². The van der Waals surface area contributed by atoms with Gasteiger partial charge >= 0.3 is 0 Å². The lowest BCUT2D eigenvalue weighted by molar-refractivity contribution is -0.112. The van der Waals surface area contributed by atoms with Crippen LogP contribution < -0.4 is 0 Å². The van der Waals surface area contributed by atoms with Gasteiger partial charge in [0.25, 0.3) is 0 Å². The molecule has 0 unspecified atom stereocenters. The molecule has 0 aliphatic carbocycles. The van der Waals surface area contributed by atoms with Crippen LogP contribution in [0.4, 0.5) is 0 Å². The van der Waals surface area contributed by atoms with Crippen molar-refractivity contribution in [1.82, 2.24) is 0 Å². The van der Waals surface area contributed by atoms with E-state index < -0.39 is 0 Å². The van der Waals surface area contributed by atoms with Crippen LogP contribution in [0, 0.1) is 0 Å². The normalized spacial score (nSPS) is 13.6. The monoisotopic (exact) mass is 138 g/mol. The second kappa shape index (κ2) is 4.04. The number of carbonyl (C=O) groups is 1. The van der Waals surface area contributed by atoms with E-state index in [0.29, 0.717) is 0 Å². The molecule has 1 heteroatoms. The van der Waals surface area contributed by atoms with Crippen LogP contribution in [-0.2, 0) is 4.79 Å². The Morgan fingerprint density at radius 1 is 1.10 bits per heavy atom. The summed E-state index contributed by atoms with van der Waals surface area (Å²) in [7, 11) is 0. The van der Waals surface area contributed by atoms with Gasteiger partial charge in [-0.3, -0.25) is 4.79 Å². The highest BCUT2D eigenvalue weighted by molar-refractivity contribution is 5.88. The Morgan fingerprint density at radius 2 is 1.60 bits per heavy atom. The molecule has 0 heterocycles. The first kappa shape index (κ1) is 9.15. The van der Waals surface area contributed by atoms with Crippen molar-refractivity contribution in [2.24, 2.45) is 0 Å². The lowest BCUT2D eigenvalue weighted by atomic mass is 10.1. The first-order chi connectivity index (χ1) is 4.57. The predicted molar refractivity (Wildman–Crippen MR) is 43.9 cm³/mol. The first-order valence-corrected chi connectivity index (χ1v) is 3.40. The van der Waals surface area contributed by atoms with E-state index in [9.17, 15) is 4.79 Å². The highest BCUT2D eigenvalue weighted by Crippen LogP contribution is 2.06. The molecule has 0 saturated heterocycles. The molecule has 0 radical (unpaired) electrons. The summed E-state index contributed by atoms with van der Waals surface area (Å²) >= 11 is 0. The van der Waals surface area contributed by atoms with E-state index in [0.717, 1.165) is 11.1 Å². The molecule has 0 amide bonds. The number of rotatable bonds is 2. The Kier molecular flexibility index (Phi) is 3.70. The molecule has 0 bridgehead atoms. The minimum atomic E-state index is 0.110. The molecule has 0 aromatic rings. The second-order valence-corrected chi connectivity index (χ2v) is 2.41. The average Bonchev–Trinajstić information content (AvgIpc) is 1.85. The largest absolute Gasteiger partial charge is 0.295 e. The van der Waals surface area contributed by atoms with E-state index in [2.05, 4.69) is 0 Å². The van der Waals surface area contributed by atoms with Crippen molar-refractivity contribution in [2.75, 3.05) is 0 Å². The first-order valence-electron chi connectivity index (χ1n) is 3.40. The van der Waals surface area contributed by atoms with Gasteiger partial charge in [0.1, 0.15) is 0 Å². The molecule has 0 aromatic heterocycles.